The molecule has 0 aliphatic rings. The Balaban J connectivity index is 1.84. The molecule has 1 aromatic carbocycles. The van der Waals surface area contributed by atoms with Crippen molar-refractivity contribution in [1.82, 2.24) is 9.97 Å². The SMILES string of the molecule is CC(=O)c1ccc(-c2ccc(-c3ccc(C(C)=O)cn3)cc2)nc1. The lowest BCUT2D eigenvalue weighted by atomic mass is 10.0. The second-order valence-electron chi connectivity index (χ2n) is 5.55. The number of nitrogens with zero attached hydrogens (tertiary/aromatic N) is 2. The largest absolute Gasteiger partial charge is 0.294 e. The van der Waals surface area contributed by atoms with Gasteiger partial charge in [0.15, 0.2) is 11.6 Å². The molecule has 4 heteroatoms. The fourth-order valence-electron chi connectivity index (χ4n) is 2.36. The normalized spacial score (nSPS) is 10.4. The van der Waals surface area contributed by atoms with E-state index in [1.165, 1.54) is 13.8 Å². The van der Waals surface area contributed by atoms with Gasteiger partial charge in [-0.05, 0) is 38.1 Å². The van der Waals surface area contributed by atoms with E-state index in [0.29, 0.717) is 11.1 Å². The van der Waals surface area contributed by atoms with Crippen LogP contribution in [0.2, 0.25) is 0 Å². The highest BCUT2D eigenvalue weighted by molar-refractivity contribution is 5.94. The molecule has 0 radical (unpaired) electrons. The smallest absolute Gasteiger partial charge is 0.161 e. The average Bonchev–Trinajstić information content (AvgIpc) is 2.62. The molecule has 0 aliphatic heterocycles. The van der Waals surface area contributed by atoms with Crippen LogP contribution in [-0.2, 0) is 0 Å². The average molecular weight is 316 g/mol. The van der Waals surface area contributed by atoms with Crippen LogP contribution in [0.3, 0.4) is 0 Å². The van der Waals surface area contributed by atoms with Crippen molar-refractivity contribution in [2.45, 2.75) is 13.8 Å². The Kier molecular flexibility index (Phi) is 4.29. The van der Waals surface area contributed by atoms with Gasteiger partial charge in [0.1, 0.15) is 0 Å². The fraction of sp³-hybridized carbons (Fsp3) is 0.100. The van der Waals surface area contributed by atoms with Gasteiger partial charge in [-0.1, -0.05) is 24.3 Å². The van der Waals surface area contributed by atoms with Crippen LogP contribution < -0.4 is 0 Å². The van der Waals surface area contributed by atoms with Crippen molar-refractivity contribution in [2.24, 2.45) is 0 Å². The second kappa shape index (κ2) is 6.54. The summed E-state index contributed by atoms with van der Waals surface area (Å²) < 4.78 is 0. The summed E-state index contributed by atoms with van der Waals surface area (Å²) in [6.07, 6.45) is 3.18. The van der Waals surface area contributed by atoms with Gasteiger partial charge in [0, 0.05) is 34.6 Å². The molecule has 0 N–H and O–H groups in total. The molecule has 0 atom stereocenters. The molecular formula is C20H16N2O2. The van der Waals surface area contributed by atoms with Gasteiger partial charge in [-0.2, -0.15) is 0 Å². The lowest BCUT2D eigenvalue weighted by molar-refractivity contribution is 0.100. The minimum atomic E-state index is 0.00415. The number of Topliss-reactive ketones (excluding diaryl/α,β-unsaturated/α-hetero) is 2. The van der Waals surface area contributed by atoms with Crippen LogP contribution in [-0.4, -0.2) is 21.5 Å². The molecular weight excluding hydrogens is 300 g/mol. The molecule has 0 saturated heterocycles. The zero-order valence-electron chi connectivity index (χ0n) is 13.5. The Morgan fingerprint density at radius 2 is 1.00 bits per heavy atom. The lowest BCUT2D eigenvalue weighted by Crippen LogP contribution is -1.94. The van der Waals surface area contributed by atoms with Gasteiger partial charge >= 0.3 is 0 Å². The first-order chi connectivity index (χ1) is 11.5. The summed E-state index contributed by atoms with van der Waals surface area (Å²) in [5.41, 5.74) is 4.76. The molecule has 0 unspecified atom stereocenters. The third kappa shape index (κ3) is 3.27. The van der Waals surface area contributed by atoms with E-state index in [1.807, 2.05) is 36.4 Å². The van der Waals surface area contributed by atoms with Crippen LogP contribution in [0.1, 0.15) is 34.6 Å². The number of aromatic nitrogens is 2. The summed E-state index contributed by atoms with van der Waals surface area (Å²) >= 11 is 0. The highest BCUT2D eigenvalue weighted by Crippen LogP contribution is 2.23. The molecule has 118 valence electrons. The first-order valence-electron chi connectivity index (χ1n) is 7.59. The fourth-order valence-corrected chi connectivity index (χ4v) is 2.36. The van der Waals surface area contributed by atoms with Gasteiger partial charge in [-0.3, -0.25) is 19.6 Å². The van der Waals surface area contributed by atoms with E-state index in [0.717, 1.165) is 22.5 Å². The van der Waals surface area contributed by atoms with Gasteiger partial charge in [-0.25, -0.2) is 0 Å². The predicted molar refractivity (Wildman–Crippen MR) is 92.9 cm³/mol. The van der Waals surface area contributed by atoms with Crippen LogP contribution in [0.15, 0.2) is 60.9 Å². The van der Waals surface area contributed by atoms with E-state index >= 15 is 0 Å². The minimum Gasteiger partial charge on any atom is -0.294 e. The number of rotatable bonds is 4. The molecule has 4 nitrogen and oxygen atoms in total. The predicted octanol–water partition coefficient (Wildman–Crippen LogP) is 4.22. The molecule has 0 fully saturated rings. The zero-order chi connectivity index (χ0) is 17.1. The van der Waals surface area contributed by atoms with Crippen molar-refractivity contribution in [3.8, 4) is 22.5 Å². The number of pyridine rings is 2. The Labute approximate surface area is 140 Å². The van der Waals surface area contributed by atoms with Crippen molar-refractivity contribution >= 4 is 11.6 Å². The molecule has 3 rings (SSSR count). The highest BCUT2D eigenvalue weighted by atomic mass is 16.1. The summed E-state index contributed by atoms with van der Waals surface area (Å²) in [5, 5.41) is 0. The van der Waals surface area contributed by atoms with Crippen LogP contribution in [0.25, 0.3) is 22.5 Å². The molecule has 24 heavy (non-hydrogen) atoms. The van der Waals surface area contributed by atoms with Crippen molar-refractivity contribution in [1.29, 1.82) is 0 Å². The van der Waals surface area contributed by atoms with E-state index < -0.39 is 0 Å². The first kappa shape index (κ1) is 15.7. The van der Waals surface area contributed by atoms with E-state index in [4.69, 9.17) is 0 Å². The van der Waals surface area contributed by atoms with Crippen molar-refractivity contribution in [2.75, 3.05) is 0 Å². The molecule has 3 aromatic rings. The second-order valence-corrected chi connectivity index (χ2v) is 5.55. The lowest BCUT2D eigenvalue weighted by Gasteiger charge is -2.05. The van der Waals surface area contributed by atoms with Gasteiger partial charge in [-0.15, -0.1) is 0 Å². The number of carbonyl (C=O) groups excluding carboxylic acids is 2. The third-order valence-corrected chi connectivity index (χ3v) is 3.82. The molecule has 0 saturated carbocycles. The minimum absolute atomic E-state index is 0.00415. The number of carbonyl (C=O) groups is 2. The molecule has 2 heterocycles. The Morgan fingerprint density at radius 3 is 1.25 bits per heavy atom. The van der Waals surface area contributed by atoms with Crippen LogP contribution in [0, 0.1) is 0 Å². The summed E-state index contributed by atoms with van der Waals surface area (Å²) in [7, 11) is 0. The van der Waals surface area contributed by atoms with Gasteiger partial charge < -0.3 is 0 Å². The number of hydrogen-bond donors (Lipinski definition) is 0. The van der Waals surface area contributed by atoms with Crippen molar-refractivity contribution < 1.29 is 9.59 Å². The molecule has 2 aromatic heterocycles. The van der Waals surface area contributed by atoms with Crippen LogP contribution in [0.4, 0.5) is 0 Å². The van der Waals surface area contributed by atoms with Crippen LogP contribution >= 0.6 is 0 Å². The monoisotopic (exact) mass is 316 g/mol. The standard InChI is InChI=1S/C20H16N2O2/c1-13(23)17-7-9-19(21-11-17)15-3-5-16(6-4-15)20-10-8-18(12-22-20)14(2)24/h3-12H,1-2H3. The molecule has 0 spiro atoms. The Bertz CT molecular complexity index is 804. The maximum Gasteiger partial charge on any atom is 0.161 e. The molecule has 0 bridgehead atoms. The summed E-state index contributed by atoms with van der Waals surface area (Å²) in [4.78, 5) is 31.2. The van der Waals surface area contributed by atoms with E-state index in [1.54, 1.807) is 24.5 Å². The summed E-state index contributed by atoms with van der Waals surface area (Å²) in [6, 6.07) is 15.1. The van der Waals surface area contributed by atoms with Gasteiger partial charge in [0.05, 0.1) is 11.4 Å². The zero-order valence-corrected chi connectivity index (χ0v) is 13.5. The van der Waals surface area contributed by atoms with E-state index in [9.17, 15) is 9.59 Å². The van der Waals surface area contributed by atoms with E-state index in [2.05, 4.69) is 9.97 Å². The number of hydrogen-bond acceptors (Lipinski definition) is 4. The first-order valence-corrected chi connectivity index (χ1v) is 7.59. The molecule has 0 amide bonds. The topological polar surface area (TPSA) is 59.9 Å². The highest BCUT2D eigenvalue weighted by Gasteiger charge is 2.05. The maximum absolute atomic E-state index is 11.3. The number of ketones is 2. The summed E-state index contributed by atoms with van der Waals surface area (Å²) in [6.45, 7) is 3.05. The summed E-state index contributed by atoms with van der Waals surface area (Å²) in [5.74, 6) is 0.00830. The van der Waals surface area contributed by atoms with Crippen molar-refractivity contribution in [3.05, 3.63) is 72.1 Å². The van der Waals surface area contributed by atoms with Crippen molar-refractivity contribution in [3.63, 3.8) is 0 Å². The number of benzene rings is 1. The maximum atomic E-state index is 11.3. The quantitative estimate of drug-likeness (QED) is 0.676. The Hall–Kier alpha value is -3.14. The van der Waals surface area contributed by atoms with Gasteiger partial charge in [0.2, 0.25) is 0 Å². The molecule has 0 aliphatic carbocycles. The Morgan fingerprint density at radius 1 is 0.625 bits per heavy atom. The third-order valence-electron chi connectivity index (χ3n) is 3.82. The van der Waals surface area contributed by atoms with Gasteiger partial charge in [0.25, 0.3) is 0 Å². The van der Waals surface area contributed by atoms with E-state index in [-0.39, 0.29) is 11.6 Å². The van der Waals surface area contributed by atoms with Crippen LogP contribution in [0.5, 0.6) is 0 Å².